The lowest BCUT2D eigenvalue weighted by molar-refractivity contribution is -0.147. The van der Waals surface area contributed by atoms with Gasteiger partial charge in [-0.05, 0) is 16.8 Å². The van der Waals surface area contributed by atoms with Gasteiger partial charge in [-0.15, -0.1) is 0 Å². The van der Waals surface area contributed by atoms with Crippen LogP contribution in [0.4, 0.5) is 4.79 Å². The van der Waals surface area contributed by atoms with Crippen LogP contribution in [-0.4, -0.2) is 24.5 Å². The van der Waals surface area contributed by atoms with Crippen molar-refractivity contribution in [2.45, 2.75) is 6.42 Å². The minimum atomic E-state index is -0.997. The van der Waals surface area contributed by atoms with Gasteiger partial charge in [-0.25, -0.2) is 4.79 Å². The van der Waals surface area contributed by atoms with Gasteiger partial charge in [0.25, 0.3) is 5.91 Å². The van der Waals surface area contributed by atoms with E-state index >= 15 is 0 Å². The summed E-state index contributed by atoms with van der Waals surface area (Å²) < 4.78 is 10.3. The van der Waals surface area contributed by atoms with E-state index in [1.165, 1.54) is 6.26 Å². The third kappa shape index (κ3) is 3.19. The van der Waals surface area contributed by atoms with Crippen LogP contribution in [0.25, 0.3) is 21.7 Å². The Labute approximate surface area is 136 Å². The quantitative estimate of drug-likeness (QED) is 0.711. The van der Waals surface area contributed by atoms with Gasteiger partial charge in [0.2, 0.25) is 0 Å². The van der Waals surface area contributed by atoms with Crippen LogP contribution in [-0.2, 0) is 20.7 Å². The molecular weight excluding hydrogens is 312 g/mol. The zero-order valence-corrected chi connectivity index (χ0v) is 12.6. The number of hydrogen-bond donors (Lipinski definition) is 2. The molecule has 0 bridgehead atoms. The number of hydrogen-bond acceptors (Lipinski definition) is 5. The lowest BCUT2D eigenvalue weighted by Crippen LogP contribution is -2.37. The summed E-state index contributed by atoms with van der Waals surface area (Å²) in [7, 11) is 0. The van der Waals surface area contributed by atoms with Crippen molar-refractivity contribution in [1.82, 2.24) is 5.32 Å². The van der Waals surface area contributed by atoms with E-state index in [4.69, 9.17) is 14.9 Å². The predicted molar refractivity (Wildman–Crippen MR) is 86.1 cm³/mol. The smallest absolute Gasteiger partial charge is 0.318 e. The van der Waals surface area contributed by atoms with Gasteiger partial charge in [0.05, 0.1) is 12.7 Å². The monoisotopic (exact) mass is 326 g/mol. The Bertz CT molecular complexity index is 944. The summed E-state index contributed by atoms with van der Waals surface area (Å²) in [6.07, 6.45) is 1.45. The molecule has 7 nitrogen and oxygen atoms in total. The van der Waals surface area contributed by atoms with Gasteiger partial charge in [0.15, 0.2) is 6.61 Å². The molecule has 0 aliphatic rings. The molecule has 3 rings (SSSR count). The number of furan rings is 1. The number of benzene rings is 2. The normalized spacial score (nSPS) is 10.7. The molecule has 0 saturated heterocycles. The first-order valence-corrected chi connectivity index (χ1v) is 7.17. The average molecular weight is 326 g/mol. The van der Waals surface area contributed by atoms with Gasteiger partial charge < -0.3 is 14.9 Å². The number of urea groups is 1. The summed E-state index contributed by atoms with van der Waals surface area (Å²) >= 11 is 0. The highest BCUT2D eigenvalue weighted by atomic mass is 16.5. The lowest BCUT2D eigenvalue weighted by Gasteiger charge is -2.04. The maximum absolute atomic E-state index is 11.9. The highest BCUT2D eigenvalue weighted by Gasteiger charge is 2.15. The Morgan fingerprint density at radius 1 is 1.12 bits per heavy atom. The zero-order valence-electron chi connectivity index (χ0n) is 12.6. The van der Waals surface area contributed by atoms with Crippen LogP contribution in [0.5, 0.6) is 0 Å². The minimum Gasteiger partial charge on any atom is -0.464 e. The standard InChI is InChI=1S/C17H14N2O5/c18-17(22)19-14(20)9-24-15(21)7-11-8-23-13-6-5-10-3-1-2-4-12(10)16(11)13/h1-6,8H,7,9H2,(H3,18,19,20,22). The lowest BCUT2D eigenvalue weighted by atomic mass is 10.0. The zero-order chi connectivity index (χ0) is 17.1. The fourth-order valence-electron chi connectivity index (χ4n) is 2.53. The number of rotatable bonds is 4. The molecule has 0 atom stereocenters. The fourth-order valence-corrected chi connectivity index (χ4v) is 2.53. The van der Waals surface area contributed by atoms with Crippen molar-refractivity contribution < 1.29 is 23.5 Å². The summed E-state index contributed by atoms with van der Waals surface area (Å²) in [5.74, 6) is -1.39. The number of nitrogens with two attached hydrogens (primary N) is 1. The molecule has 0 aliphatic heterocycles. The van der Waals surface area contributed by atoms with Gasteiger partial charge >= 0.3 is 12.0 Å². The van der Waals surface area contributed by atoms with E-state index in [2.05, 4.69) is 0 Å². The second-order valence-electron chi connectivity index (χ2n) is 5.17. The maximum Gasteiger partial charge on any atom is 0.318 e. The Kier molecular flexibility index (Phi) is 4.15. The molecular formula is C17H14N2O5. The number of fused-ring (bicyclic) bond motifs is 3. The minimum absolute atomic E-state index is 0.0507. The van der Waals surface area contributed by atoms with E-state index in [1.807, 2.05) is 41.7 Å². The molecule has 0 spiro atoms. The Hall–Kier alpha value is -3.35. The van der Waals surface area contributed by atoms with Crippen molar-refractivity contribution in [2.75, 3.05) is 6.61 Å². The van der Waals surface area contributed by atoms with Crippen molar-refractivity contribution in [3.63, 3.8) is 0 Å². The number of carbonyl (C=O) groups excluding carboxylic acids is 3. The van der Waals surface area contributed by atoms with E-state index in [-0.39, 0.29) is 6.42 Å². The second-order valence-corrected chi connectivity index (χ2v) is 5.17. The van der Waals surface area contributed by atoms with Crippen molar-refractivity contribution in [1.29, 1.82) is 0 Å². The second kappa shape index (κ2) is 6.41. The Morgan fingerprint density at radius 2 is 1.92 bits per heavy atom. The van der Waals surface area contributed by atoms with Crippen molar-refractivity contribution in [3.05, 3.63) is 48.2 Å². The van der Waals surface area contributed by atoms with E-state index in [1.54, 1.807) is 0 Å². The van der Waals surface area contributed by atoms with Crippen LogP contribution < -0.4 is 11.1 Å². The molecule has 0 saturated carbocycles. The maximum atomic E-state index is 11.9. The summed E-state index contributed by atoms with van der Waals surface area (Å²) in [6, 6.07) is 10.5. The molecule has 0 fully saturated rings. The highest BCUT2D eigenvalue weighted by Crippen LogP contribution is 2.30. The van der Waals surface area contributed by atoms with Gasteiger partial charge in [-0.2, -0.15) is 0 Å². The van der Waals surface area contributed by atoms with Crippen LogP contribution in [0, 0.1) is 0 Å². The third-order valence-electron chi connectivity index (χ3n) is 3.50. The number of primary amides is 1. The largest absolute Gasteiger partial charge is 0.464 e. The molecule has 0 radical (unpaired) electrons. The molecule has 3 amide bonds. The van der Waals surface area contributed by atoms with E-state index in [0.29, 0.717) is 11.1 Å². The molecule has 1 aromatic heterocycles. The summed E-state index contributed by atoms with van der Waals surface area (Å²) in [4.78, 5) is 33.7. The number of carbonyl (C=O) groups is 3. The van der Waals surface area contributed by atoms with E-state index in [9.17, 15) is 14.4 Å². The van der Waals surface area contributed by atoms with E-state index in [0.717, 1.165) is 16.2 Å². The molecule has 24 heavy (non-hydrogen) atoms. The summed E-state index contributed by atoms with van der Waals surface area (Å²) in [5, 5.41) is 4.65. The highest BCUT2D eigenvalue weighted by molar-refractivity contribution is 6.08. The number of imide groups is 1. The molecule has 0 aliphatic carbocycles. The van der Waals surface area contributed by atoms with Gasteiger partial charge in [0, 0.05) is 10.9 Å². The van der Waals surface area contributed by atoms with E-state index < -0.39 is 24.5 Å². The molecule has 2 aromatic carbocycles. The number of ether oxygens (including phenoxy) is 1. The molecule has 0 unspecified atom stereocenters. The van der Waals surface area contributed by atoms with Crippen LogP contribution in [0.3, 0.4) is 0 Å². The number of amides is 3. The molecule has 3 aromatic rings. The number of nitrogens with one attached hydrogen (secondary N) is 1. The Balaban J connectivity index is 1.78. The molecule has 3 N–H and O–H groups in total. The van der Waals surface area contributed by atoms with Gasteiger partial charge in [-0.3, -0.25) is 14.9 Å². The van der Waals surface area contributed by atoms with Crippen LogP contribution in [0.15, 0.2) is 47.1 Å². The van der Waals surface area contributed by atoms with Crippen molar-refractivity contribution >= 4 is 39.6 Å². The fraction of sp³-hybridized carbons (Fsp3) is 0.118. The number of esters is 1. The first kappa shape index (κ1) is 15.5. The van der Waals surface area contributed by atoms with Crippen molar-refractivity contribution in [2.24, 2.45) is 5.73 Å². The van der Waals surface area contributed by atoms with Crippen LogP contribution in [0.1, 0.15) is 5.56 Å². The summed E-state index contributed by atoms with van der Waals surface area (Å²) in [5.41, 5.74) is 6.14. The van der Waals surface area contributed by atoms with Gasteiger partial charge in [-0.1, -0.05) is 30.3 Å². The summed E-state index contributed by atoms with van der Waals surface area (Å²) in [6.45, 7) is -0.571. The molecule has 1 heterocycles. The first-order chi connectivity index (χ1) is 11.5. The Morgan fingerprint density at radius 3 is 2.71 bits per heavy atom. The van der Waals surface area contributed by atoms with Crippen molar-refractivity contribution in [3.8, 4) is 0 Å². The topological polar surface area (TPSA) is 112 Å². The predicted octanol–water partition coefficient (Wildman–Crippen LogP) is 1.87. The van der Waals surface area contributed by atoms with Crippen LogP contribution >= 0.6 is 0 Å². The van der Waals surface area contributed by atoms with Gasteiger partial charge in [0.1, 0.15) is 5.58 Å². The third-order valence-corrected chi connectivity index (χ3v) is 3.50. The van der Waals surface area contributed by atoms with Crippen LogP contribution in [0.2, 0.25) is 0 Å². The average Bonchev–Trinajstić information content (AvgIpc) is 2.96. The first-order valence-electron chi connectivity index (χ1n) is 7.17. The SMILES string of the molecule is NC(=O)NC(=O)COC(=O)Cc1coc2ccc3ccccc3c12. The molecule has 122 valence electrons. The molecule has 7 heteroatoms.